The molecule has 0 bridgehead atoms. The minimum Gasteiger partial charge on any atom is -0.493 e. The molecule has 0 atom stereocenters. The fourth-order valence-corrected chi connectivity index (χ4v) is 8.29. The molecule has 4 heterocycles. The number of aryl methyl sites for hydroxylation is 5. The fraction of sp³-hybridized carbons (Fsp3) is 0.481. The van der Waals surface area contributed by atoms with E-state index in [-0.39, 0.29) is 59.4 Å². The Hall–Kier alpha value is -3.98. The smallest absolute Gasteiger partial charge is 0.140 e. The molecule has 8 rings (SSSR count). The zero-order valence-corrected chi connectivity index (χ0v) is 42.1. The maximum absolute atomic E-state index is 6.14. The SMILES string of the molecule is Cc1cc(C(C)(C)C)c2c(c1N)CCCO2.Cc1cc(C(C)(C)C)c2c(c1N)CCO2.Cc1cc(C(C)(C)C)c2occc2c1N.Cc1cc2c(N)c(C)cc(C(C)(C)C)c2o1.[Ar]. The molecule has 9 heteroatoms. The Kier molecular flexibility index (Phi) is 15.8. The number of fused-ring (bicyclic) bond motifs is 4. The molecule has 8 N–H and O–H groups in total. The Morgan fingerprint density at radius 2 is 0.857 bits per heavy atom. The zero-order chi connectivity index (χ0) is 46.4. The molecule has 6 aromatic rings. The topological polar surface area (TPSA) is 149 Å². The molecule has 0 spiro atoms. The average molecular weight is 885 g/mol. The van der Waals surface area contributed by atoms with Gasteiger partial charge in [-0.05, 0) is 128 Å². The van der Waals surface area contributed by atoms with Crippen molar-refractivity contribution < 1.29 is 56.0 Å². The maximum atomic E-state index is 6.14. The zero-order valence-electron chi connectivity index (χ0n) is 41.4. The van der Waals surface area contributed by atoms with Gasteiger partial charge in [0.25, 0.3) is 0 Å². The van der Waals surface area contributed by atoms with Gasteiger partial charge in [-0.3, -0.25) is 0 Å². The third-order valence-corrected chi connectivity index (χ3v) is 12.1. The number of ether oxygens (including phenoxy) is 2. The summed E-state index contributed by atoms with van der Waals surface area (Å²) in [7, 11) is 0. The number of rotatable bonds is 0. The van der Waals surface area contributed by atoms with Crippen LogP contribution in [-0.2, 0) is 34.5 Å². The molecule has 4 aromatic carbocycles. The van der Waals surface area contributed by atoms with Crippen molar-refractivity contribution in [3.8, 4) is 11.5 Å². The molecular weight excluding hydrogens is 809 g/mol. The first kappa shape index (κ1) is 51.7. The third-order valence-electron chi connectivity index (χ3n) is 12.1. The molecule has 0 aliphatic carbocycles. The van der Waals surface area contributed by atoms with Gasteiger partial charge in [0.15, 0.2) is 0 Å². The quantitative estimate of drug-likeness (QED) is 0.110. The number of nitrogen functional groups attached to an aromatic ring is 4. The first-order chi connectivity index (χ1) is 28.5. The van der Waals surface area contributed by atoms with Gasteiger partial charge >= 0.3 is 0 Å². The summed E-state index contributed by atoms with van der Waals surface area (Å²) < 4.78 is 22.9. The van der Waals surface area contributed by atoms with Crippen LogP contribution in [0.1, 0.15) is 151 Å². The molecule has 0 unspecified atom stereocenters. The van der Waals surface area contributed by atoms with E-state index in [4.69, 9.17) is 41.2 Å². The molecule has 0 saturated carbocycles. The second-order valence-corrected chi connectivity index (χ2v) is 21.5. The summed E-state index contributed by atoms with van der Waals surface area (Å²) >= 11 is 0. The second kappa shape index (κ2) is 19.2. The van der Waals surface area contributed by atoms with Gasteiger partial charge in [0.05, 0.1) is 19.5 Å². The molecule has 344 valence electrons. The minimum atomic E-state index is 0. The Balaban J connectivity index is 0.000000183. The predicted octanol–water partition coefficient (Wildman–Crippen LogP) is 13.6. The van der Waals surface area contributed by atoms with Crippen LogP contribution in [0, 0.1) is 72.4 Å². The minimum absolute atomic E-state index is 0. The van der Waals surface area contributed by atoms with Crippen LogP contribution in [-0.4, -0.2) is 13.2 Å². The van der Waals surface area contributed by atoms with E-state index in [1.54, 1.807) is 6.26 Å². The van der Waals surface area contributed by atoms with Crippen molar-refractivity contribution in [3.05, 3.63) is 104 Å². The van der Waals surface area contributed by atoms with Crippen molar-refractivity contribution in [1.82, 2.24) is 0 Å². The van der Waals surface area contributed by atoms with E-state index in [9.17, 15) is 0 Å². The normalized spacial score (nSPS) is 13.5. The maximum Gasteiger partial charge on any atom is 0.140 e. The average Bonchev–Trinajstić information content (AvgIpc) is 3.94. The van der Waals surface area contributed by atoms with E-state index >= 15 is 0 Å². The van der Waals surface area contributed by atoms with Crippen LogP contribution >= 0.6 is 0 Å². The number of hydrogen-bond acceptors (Lipinski definition) is 8. The van der Waals surface area contributed by atoms with Gasteiger partial charge in [-0.1, -0.05) is 83.1 Å². The van der Waals surface area contributed by atoms with Gasteiger partial charge in [-0.15, -0.1) is 0 Å². The first-order valence-corrected chi connectivity index (χ1v) is 22.2. The largest absolute Gasteiger partial charge is 0.493 e. The standard InChI is InChI=1S/C14H19NO.C14H21NO.C13H19NO.C13H17NO.Ar/c1-8-6-11(14(3,4)5)13-10(12(8)15)7-9(2)16-13;1-9-8-11(14(2,3)4)13-10(12(9)15)6-5-7-16-13;2*1-8-7-10(13(2,3)4)12-9(11(8)14)5-6-15-12;/h6-7H,15H2,1-5H3;8H,5-7,15H2,1-4H3;7H,5-6,14H2,1-4H3;5-7H,14H2,1-4H3;. The van der Waals surface area contributed by atoms with Crippen molar-refractivity contribution in [1.29, 1.82) is 0 Å². The summed E-state index contributed by atoms with van der Waals surface area (Å²) in [5.41, 5.74) is 42.0. The summed E-state index contributed by atoms with van der Waals surface area (Å²) in [6.45, 7) is 38.2. The van der Waals surface area contributed by atoms with E-state index in [1.807, 2.05) is 32.9 Å². The van der Waals surface area contributed by atoms with Gasteiger partial charge in [0.1, 0.15) is 28.4 Å². The molecule has 0 amide bonds. The second-order valence-electron chi connectivity index (χ2n) is 21.5. The van der Waals surface area contributed by atoms with Crippen molar-refractivity contribution in [3.63, 3.8) is 0 Å². The summed E-state index contributed by atoms with van der Waals surface area (Å²) in [5, 5.41) is 2.07. The Morgan fingerprint density at radius 3 is 1.33 bits per heavy atom. The molecule has 0 radical (unpaired) electrons. The number of nitrogens with two attached hydrogens (primary N) is 4. The van der Waals surface area contributed by atoms with Crippen molar-refractivity contribution in [2.75, 3.05) is 36.1 Å². The van der Waals surface area contributed by atoms with Crippen molar-refractivity contribution in [2.45, 2.75) is 159 Å². The van der Waals surface area contributed by atoms with E-state index in [2.05, 4.69) is 121 Å². The molecule has 63 heavy (non-hydrogen) atoms. The fourth-order valence-electron chi connectivity index (χ4n) is 8.29. The van der Waals surface area contributed by atoms with Crippen LogP contribution in [0.15, 0.2) is 51.5 Å². The van der Waals surface area contributed by atoms with Gasteiger partial charge in [0.2, 0.25) is 0 Å². The van der Waals surface area contributed by atoms with Gasteiger partial charge in [-0.2, -0.15) is 0 Å². The Morgan fingerprint density at radius 1 is 0.460 bits per heavy atom. The van der Waals surface area contributed by atoms with E-state index in [0.29, 0.717) is 0 Å². The van der Waals surface area contributed by atoms with Crippen LogP contribution in [0.5, 0.6) is 11.5 Å². The Bertz CT molecular complexity index is 2590. The van der Waals surface area contributed by atoms with E-state index < -0.39 is 0 Å². The monoisotopic (exact) mass is 885 g/mol. The Labute approximate surface area is 408 Å². The van der Waals surface area contributed by atoms with Gasteiger partial charge in [-0.25, -0.2) is 0 Å². The van der Waals surface area contributed by atoms with E-state index in [1.165, 1.54) is 44.5 Å². The van der Waals surface area contributed by atoms with Crippen LogP contribution in [0.4, 0.5) is 22.7 Å². The molecule has 0 fully saturated rings. The predicted molar refractivity (Wildman–Crippen MR) is 264 cm³/mol. The summed E-state index contributed by atoms with van der Waals surface area (Å²) in [5.74, 6) is 2.99. The summed E-state index contributed by atoms with van der Waals surface area (Å²) in [6, 6.07) is 12.6. The molecule has 2 aliphatic rings. The first-order valence-electron chi connectivity index (χ1n) is 22.2. The van der Waals surface area contributed by atoms with Crippen LogP contribution in [0.2, 0.25) is 0 Å². The number of anilines is 4. The molecule has 2 aliphatic heterocycles. The molecular formula is C54H76ArN4O4. The summed E-state index contributed by atoms with van der Waals surface area (Å²) in [4.78, 5) is 0. The van der Waals surface area contributed by atoms with Gasteiger partial charge in [0, 0.05) is 111 Å². The van der Waals surface area contributed by atoms with Crippen molar-refractivity contribution >= 4 is 44.7 Å². The summed E-state index contributed by atoms with van der Waals surface area (Å²) in [6.07, 6.45) is 4.78. The number of hydrogen-bond donors (Lipinski definition) is 4. The molecule has 2 aromatic heterocycles. The van der Waals surface area contributed by atoms with Crippen LogP contribution < -0.4 is 32.4 Å². The molecule has 0 saturated heterocycles. The molecule has 8 nitrogen and oxygen atoms in total. The number of benzene rings is 4. The van der Waals surface area contributed by atoms with Crippen molar-refractivity contribution in [2.24, 2.45) is 0 Å². The third kappa shape index (κ3) is 11.3. The van der Waals surface area contributed by atoms with Crippen LogP contribution in [0.3, 0.4) is 0 Å². The van der Waals surface area contributed by atoms with Gasteiger partial charge < -0.3 is 41.2 Å². The van der Waals surface area contributed by atoms with E-state index in [0.717, 1.165) is 106 Å². The number of furan rings is 2. The van der Waals surface area contributed by atoms with Crippen LogP contribution in [0.25, 0.3) is 21.9 Å².